The molecule has 1 saturated heterocycles. The number of rotatable bonds is 7. The summed E-state index contributed by atoms with van der Waals surface area (Å²) >= 11 is 3.19. The summed E-state index contributed by atoms with van der Waals surface area (Å²) in [5, 5.41) is 4.96. The number of hydrogen-bond donors (Lipinski definition) is 1. The number of nitrogens with one attached hydrogen (secondary N) is 1. The second-order valence-electron chi connectivity index (χ2n) is 5.47. The predicted octanol–water partition coefficient (Wildman–Crippen LogP) is 2.70. The summed E-state index contributed by atoms with van der Waals surface area (Å²) in [6, 6.07) is 3.45. The molecule has 0 radical (unpaired) electrons. The Morgan fingerprint density at radius 2 is 2.46 bits per heavy atom. The van der Waals surface area contributed by atoms with Crippen molar-refractivity contribution in [1.82, 2.24) is 10.3 Å². The standard InChI is InChI=1S/C16H20N2O4S2/c1-23-9-12-2-3-14(22-12)16(19)18-13-4-5-20-7-15(13)21-6-11-8-24-10-17-11/h2-3,8,10,13,15H,4-7,9H2,1H3,(H,18,19)/t13-,15-/m1/s1. The Morgan fingerprint density at radius 1 is 1.54 bits per heavy atom. The van der Waals surface area contributed by atoms with E-state index in [9.17, 15) is 4.79 Å². The number of hydrogen-bond acceptors (Lipinski definition) is 7. The highest BCUT2D eigenvalue weighted by molar-refractivity contribution is 7.97. The third-order valence-corrected chi connectivity index (χ3v) is 4.93. The van der Waals surface area contributed by atoms with Gasteiger partial charge in [-0.25, -0.2) is 4.98 Å². The van der Waals surface area contributed by atoms with Gasteiger partial charge in [0, 0.05) is 12.0 Å². The summed E-state index contributed by atoms with van der Waals surface area (Å²) < 4.78 is 16.9. The van der Waals surface area contributed by atoms with Crippen molar-refractivity contribution in [2.24, 2.45) is 0 Å². The normalized spacial score (nSPS) is 20.9. The zero-order valence-corrected chi connectivity index (χ0v) is 15.0. The van der Waals surface area contributed by atoms with Gasteiger partial charge in [0.25, 0.3) is 5.91 Å². The molecule has 2 aromatic heterocycles. The van der Waals surface area contributed by atoms with Gasteiger partial charge in [-0.3, -0.25) is 4.79 Å². The zero-order valence-electron chi connectivity index (χ0n) is 13.4. The molecule has 0 unspecified atom stereocenters. The van der Waals surface area contributed by atoms with Crippen LogP contribution in [0.4, 0.5) is 0 Å². The van der Waals surface area contributed by atoms with Crippen molar-refractivity contribution < 1.29 is 18.7 Å². The Kier molecular flexibility index (Phi) is 6.30. The van der Waals surface area contributed by atoms with Gasteiger partial charge in [-0.15, -0.1) is 11.3 Å². The Balaban J connectivity index is 1.56. The lowest BCUT2D eigenvalue weighted by Gasteiger charge is -2.31. The van der Waals surface area contributed by atoms with Crippen molar-refractivity contribution in [2.75, 3.05) is 19.5 Å². The first kappa shape index (κ1) is 17.5. The minimum Gasteiger partial charge on any atom is -0.455 e. The van der Waals surface area contributed by atoms with Gasteiger partial charge >= 0.3 is 0 Å². The van der Waals surface area contributed by atoms with E-state index in [1.165, 1.54) is 11.3 Å². The molecule has 6 nitrogen and oxygen atoms in total. The quantitative estimate of drug-likeness (QED) is 0.810. The van der Waals surface area contributed by atoms with Gasteiger partial charge in [-0.1, -0.05) is 0 Å². The van der Waals surface area contributed by atoms with Crippen LogP contribution < -0.4 is 5.32 Å². The molecule has 3 heterocycles. The Hall–Kier alpha value is -1.35. The number of aromatic nitrogens is 1. The van der Waals surface area contributed by atoms with Crippen molar-refractivity contribution in [3.63, 3.8) is 0 Å². The molecule has 8 heteroatoms. The van der Waals surface area contributed by atoms with Crippen molar-refractivity contribution in [3.05, 3.63) is 40.2 Å². The summed E-state index contributed by atoms with van der Waals surface area (Å²) in [4.78, 5) is 16.6. The van der Waals surface area contributed by atoms with Crippen LogP contribution in [-0.4, -0.2) is 42.5 Å². The fourth-order valence-electron chi connectivity index (χ4n) is 2.50. The largest absolute Gasteiger partial charge is 0.455 e. The van der Waals surface area contributed by atoms with Crippen molar-refractivity contribution in [1.29, 1.82) is 0 Å². The lowest BCUT2D eigenvalue weighted by atomic mass is 10.1. The molecule has 2 aromatic rings. The molecule has 3 rings (SSSR count). The average Bonchev–Trinajstić information content (AvgIpc) is 3.26. The smallest absolute Gasteiger partial charge is 0.287 e. The van der Waals surface area contributed by atoms with Crippen LogP contribution in [0.2, 0.25) is 0 Å². The minimum atomic E-state index is -0.212. The molecule has 1 N–H and O–H groups in total. The molecule has 130 valence electrons. The van der Waals surface area contributed by atoms with Gasteiger partial charge < -0.3 is 19.2 Å². The van der Waals surface area contributed by atoms with Gasteiger partial charge in [0.1, 0.15) is 11.9 Å². The molecule has 1 amide bonds. The van der Waals surface area contributed by atoms with Crippen LogP contribution in [0.1, 0.15) is 28.4 Å². The van der Waals surface area contributed by atoms with Gasteiger partial charge in [-0.2, -0.15) is 11.8 Å². The fourth-order valence-corrected chi connectivity index (χ4v) is 3.48. The van der Waals surface area contributed by atoms with Crippen LogP contribution in [-0.2, 0) is 21.8 Å². The van der Waals surface area contributed by atoms with Gasteiger partial charge in [0.05, 0.1) is 36.2 Å². The summed E-state index contributed by atoms with van der Waals surface area (Å²) in [6.45, 7) is 1.49. The SMILES string of the molecule is CSCc1ccc(C(=O)N[C@@H]2CCOC[C@H]2OCc2cscn2)o1. The Morgan fingerprint density at radius 3 is 3.25 bits per heavy atom. The highest BCUT2D eigenvalue weighted by Crippen LogP contribution is 2.17. The number of ether oxygens (including phenoxy) is 2. The van der Waals surface area contributed by atoms with E-state index < -0.39 is 0 Å². The third kappa shape index (κ3) is 4.60. The van der Waals surface area contributed by atoms with Crippen LogP contribution in [0, 0.1) is 0 Å². The number of carbonyl (C=O) groups excluding carboxylic acids is 1. The topological polar surface area (TPSA) is 73.6 Å². The Labute approximate surface area is 148 Å². The van der Waals surface area contributed by atoms with Crippen molar-refractivity contribution in [3.8, 4) is 0 Å². The second kappa shape index (κ2) is 8.66. The number of furan rings is 1. The highest BCUT2D eigenvalue weighted by atomic mass is 32.2. The third-order valence-electron chi connectivity index (χ3n) is 3.72. The summed E-state index contributed by atoms with van der Waals surface area (Å²) in [7, 11) is 0. The molecule has 1 fully saturated rings. The molecule has 2 atom stereocenters. The molecule has 0 aliphatic carbocycles. The lowest BCUT2D eigenvalue weighted by Crippen LogP contribution is -2.49. The van der Waals surface area contributed by atoms with E-state index in [1.807, 2.05) is 17.7 Å². The molecule has 0 bridgehead atoms. The fraction of sp³-hybridized carbons (Fsp3) is 0.500. The second-order valence-corrected chi connectivity index (χ2v) is 7.06. The van der Waals surface area contributed by atoms with E-state index in [2.05, 4.69) is 10.3 Å². The van der Waals surface area contributed by atoms with Crippen LogP contribution in [0.5, 0.6) is 0 Å². The first-order chi connectivity index (χ1) is 11.8. The van der Waals surface area contributed by atoms with Crippen LogP contribution >= 0.6 is 23.1 Å². The van der Waals surface area contributed by atoms with E-state index in [0.717, 1.165) is 17.2 Å². The molecule has 1 aliphatic rings. The van der Waals surface area contributed by atoms with E-state index in [4.69, 9.17) is 13.9 Å². The first-order valence-corrected chi connectivity index (χ1v) is 10.0. The number of carbonyl (C=O) groups is 1. The predicted molar refractivity (Wildman–Crippen MR) is 93.3 cm³/mol. The summed E-state index contributed by atoms with van der Waals surface area (Å²) in [5.41, 5.74) is 2.67. The van der Waals surface area contributed by atoms with E-state index in [-0.39, 0.29) is 18.1 Å². The number of amides is 1. The van der Waals surface area contributed by atoms with Gasteiger partial charge in [-0.05, 0) is 24.8 Å². The molecular formula is C16H20N2O4S2. The van der Waals surface area contributed by atoms with E-state index in [1.54, 1.807) is 23.3 Å². The Bertz CT molecular complexity index is 644. The molecular weight excluding hydrogens is 348 g/mol. The van der Waals surface area contributed by atoms with Gasteiger partial charge in [0.2, 0.25) is 0 Å². The summed E-state index contributed by atoms with van der Waals surface area (Å²) in [5.74, 6) is 1.68. The van der Waals surface area contributed by atoms with Crippen LogP contribution in [0.15, 0.2) is 27.4 Å². The zero-order chi connectivity index (χ0) is 16.8. The first-order valence-electron chi connectivity index (χ1n) is 7.71. The van der Waals surface area contributed by atoms with Crippen molar-refractivity contribution >= 4 is 29.0 Å². The molecule has 1 aliphatic heterocycles. The maximum atomic E-state index is 12.4. The maximum Gasteiger partial charge on any atom is 0.287 e. The van der Waals surface area contributed by atoms with Crippen molar-refractivity contribution in [2.45, 2.75) is 30.9 Å². The van der Waals surface area contributed by atoms with Crippen LogP contribution in [0.25, 0.3) is 0 Å². The highest BCUT2D eigenvalue weighted by Gasteiger charge is 2.29. The number of thiazole rings is 1. The van der Waals surface area contributed by atoms with Gasteiger partial charge in [0.15, 0.2) is 5.76 Å². The van der Waals surface area contributed by atoms with E-state index in [0.29, 0.717) is 32.0 Å². The molecule has 0 aromatic carbocycles. The van der Waals surface area contributed by atoms with E-state index >= 15 is 0 Å². The average molecular weight is 368 g/mol. The number of thioether (sulfide) groups is 1. The summed E-state index contributed by atoms with van der Waals surface area (Å²) in [6.07, 6.45) is 2.52. The maximum absolute atomic E-state index is 12.4. The number of nitrogens with zero attached hydrogens (tertiary/aromatic N) is 1. The molecule has 0 spiro atoms. The minimum absolute atomic E-state index is 0.0982. The molecule has 0 saturated carbocycles. The molecule has 24 heavy (non-hydrogen) atoms. The lowest BCUT2D eigenvalue weighted by molar-refractivity contribution is -0.0743. The van der Waals surface area contributed by atoms with Crippen LogP contribution in [0.3, 0.4) is 0 Å². The monoisotopic (exact) mass is 368 g/mol.